The first-order valence-electron chi connectivity index (χ1n) is 8.21. The van der Waals surface area contributed by atoms with Crippen LogP contribution in [0.3, 0.4) is 0 Å². The number of benzene rings is 1. The van der Waals surface area contributed by atoms with E-state index in [1.165, 1.54) is 0 Å². The summed E-state index contributed by atoms with van der Waals surface area (Å²) in [4.78, 5) is 31.5. The zero-order valence-electron chi connectivity index (χ0n) is 13.7. The van der Waals surface area contributed by atoms with Gasteiger partial charge in [0.25, 0.3) is 11.8 Å². The highest BCUT2D eigenvalue weighted by Gasteiger charge is 2.26. The van der Waals surface area contributed by atoms with E-state index in [0.29, 0.717) is 35.9 Å². The number of hydrogen-bond acceptors (Lipinski definition) is 3. The molecule has 3 rings (SSSR count). The lowest BCUT2D eigenvalue weighted by atomic mass is 10.2. The van der Waals surface area contributed by atoms with Crippen LogP contribution in [-0.4, -0.2) is 54.4 Å². The zero-order chi connectivity index (χ0) is 17.6. The molecule has 25 heavy (non-hydrogen) atoms. The van der Waals surface area contributed by atoms with Gasteiger partial charge in [-0.25, -0.2) is 0 Å². The van der Waals surface area contributed by atoms with Crippen LogP contribution in [0.15, 0.2) is 48.8 Å². The van der Waals surface area contributed by atoms with Gasteiger partial charge in [-0.3, -0.25) is 14.6 Å². The minimum absolute atomic E-state index is 0.00679. The van der Waals surface area contributed by atoms with Crippen molar-refractivity contribution in [2.75, 3.05) is 38.0 Å². The number of aromatic nitrogens is 1. The maximum atomic E-state index is 12.4. The Morgan fingerprint density at radius 1 is 1.16 bits per heavy atom. The molecule has 130 valence electrons. The normalized spacial score (nSPS) is 15.0. The van der Waals surface area contributed by atoms with Crippen LogP contribution in [0.25, 0.3) is 0 Å². The summed E-state index contributed by atoms with van der Waals surface area (Å²) < 4.78 is 0. The first-order chi connectivity index (χ1) is 12.1. The topological polar surface area (TPSA) is 66.7 Å². The molecular formula is C18H20ClN4O2+. The quantitative estimate of drug-likeness (QED) is 0.845. The summed E-state index contributed by atoms with van der Waals surface area (Å²) in [6.45, 7) is 3.09. The maximum absolute atomic E-state index is 12.4. The molecule has 2 amide bonds. The molecule has 0 bridgehead atoms. The number of nitrogens with one attached hydrogen (secondary N) is 2. The van der Waals surface area contributed by atoms with E-state index in [1.54, 1.807) is 36.7 Å². The molecule has 1 fully saturated rings. The minimum Gasteiger partial charge on any atom is -0.327 e. The van der Waals surface area contributed by atoms with Gasteiger partial charge in [-0.15, -0.1) is 0 Å². The van der Waals surface area contributed by atoms with Gasteiger partial charge in [-0.05, 0) is 24.3 Å². The molecular weight excluding hydrogens is 340 g/mol. The summed E-state index contributed by atoms with van der Waals surface area (Å²) in [7, 11) is 0. The van der Waals surface area contributed by atoms with Crippen molar-refractivity contribution in [1.29, 1.82) is 0 Å². The van der Waals surface area contributed by atoms with Gasteiger partial charge in [0, 0.05) is 12.4 Å². The van der Waals surface area contributed by atoms with Crippen molar-refractivity contribution in [2.45, 2.75) is 0 Å². The van der Waals surface area contributed by atoms with Gasteiger partial charge in [-0.1, -0.05) is 23.7 Å². The van der Waals surface area contributed by atoms with Gasteiger partial charge in [-0.2, -0.15) is 0 Å². The average Bonchev–Trinajstić information content (AvgIpc) is 2.64. The standard InChI is InChI=1S/C18H19ClN4O2/c19-15-5-1-2-6-16(15)21-17(24)13-22-8-10-23(11-9-22)18(25)14-4-3-7-20-12-14/h1-7,12H,8-11,13H2,(H,21,24)/p+1. The second kappa shape index (κ2) is 8.09. The second-order valence-electron chi connectivity index (χ2n) is 5.99. The van der Waals surface area contributed by atoms with E-state index in [-0.39, 0.29) is 11.8 Å². The number of rotatable bonds is 4. The summed E-state index contributed by atoms with van der Waals surface area (Å²) in [6.07, 6.45) is 3.23. The Kier molecular flexibility index (Phi) is 5.63. The number of amides is 2. The van der Waals surface area contributed by atoms with Crippen molar-refractivity contribution in [2.24, 2.45) is 0 Å². The van der Waals surface area contributed by atoms with Crippen LogP contribution in [0.1, 0.15) is 10.4 Å². The molecule has 1 aliphatic rings. The predicted molar refractivity (Wildman–Crippen MR) is 95.8 cm³/mol. The fraction of sp³-hybridized carbons (Fsp3) is 0.278. The Morgan fingerprint density at radius 3 is 2.60 bits per heavy atom. The summed E-state index contributed by atoms with van der Waals surface area (Å²) in [6, 6.07) is 10.7. The number of carbonyl (C=O) groups excluding carboxylic acids is 2. The first kappa shape index (κ1) is 17.4. The van der Waals surface area contributed by atoms with Crippen molar-refractivity contribution >= 4 is 29.1 Å². The molecule has 1 aliphatic heterocycles. The third kappa shape index (κ3) is 4.55. The van der Waals surface area contributed by atoms with E-state index >= 15 is 0 Å². The first-order valence-corrected chi connectivity index (χ1v) is 8.58. The lowest BCUT2D eigenvalue weighted by Crippen LogP contribution is -3.15. The number of quaternary nitrogens is 1. The summed E-state index contributed by atoms with van der Waals surface area (Å²) in [5.41, 5.74) is 1.22. The summed E-state index contributed by atoms with van der Waals surface area (Å²) in [5.74, 6) is -0.0807. The number of nitrogens with zero attached hydrogens (tertiary/aromatic N) is 2. The molecule has 1 aromatic heterocycles. The highest BCUT2D eigenvalue weighted by molar-refractivity contribution is 6.33. The Labute approximate surface area is 151 Å². The number of pyridine rings is 1. The SMILES string of the molecule is O=C(C[NH+]1CCN(C(=O)c2cccnc2)CC1)Nc1ccccc1Cl. The molecule has 0 atom stereocenters. The Balaban J connectivity index is 1.48. The molecule has 2 N–H and O–H groups in total. The van der Waals surface area contributed by atoms with E-state index in [2.05, 4.69) is 10.3 Å². The van der Waals surface area contributed by atoms with Crippen molar-refractivity contribution in [1.82, 2.24) is 9.88 Å². The third-order valence-corrected chi connectivity index (χ3v) is 4.55. The van der Waals surface area contributed by atoms with Crippen LogP contribution in [-0.2, 0) is 4.79 Å². The van der Waals surface area contributed by atoms with Gasteiger partial charge < -0.3 is 15.1 Å². The highest BCUT2D eigenvalue weighted by Crippen LogP contribution is 2.19. The molecule has 2 heterocycles. The number of carbonyl (C=O) groups is 2. The lowest BCUT2D eigenvalue weighted by molar-refractivity contribution is -0.895. The van der Waals surface area contributed by atoms with Crippen LogP contribution >= 0.6 is 11.6 Å². The third-order valence-electron chi connectivity index (χ3n) is 4.22. The Hall–Kier alpha value is -2.44. The molecule has 0 saturated carbocycles. The average molecular weight is 360 g/mol. The molecule has 1 saturated heterocycles. The van der Waals surface area contributed by atoms with E-state index in [4.69, 9.17) is 11.6 Å². The molecule has 2 aromatic rings. The van der Waals surface area contributed by atoms with Crippen LogP contribution in [0.2, 0.25) is 5.02 Å². The molecule has 6 nitrogen and oxygen atoms in total. The van der Waals surface area contributed by atoms with E-state index < -0.39 is 0 Å². The monoisotopic (exact) mass is 359 g/mol. The molecule has 1 aromatic carbocycles. The van der Waals surface area contributed by atoms with Crippen molar-refractivity contribution < 1.29 is 14.5 Å². The van der Waals surface area contributed by atoms with Gasteiger partial charge in [0.1, 0.15) is 0 Å². The van der Waals surface area contributed by atoms with Crippen molar-refractivity contribution in [3.63, 3.8) is 0 Å². The molecule has 0 aliphatic carbocycles. The largest absolute Gasteiger partial charge is 0.327 e. The van der Waals surface area contributed by atoms with Crippen LogP contribution < -0.4 is 10.2 Å². The fourth-order valence-corrected chi connectivity index (χ4v) is 3.04. The van der Waals surface area contributed by atoms with Crippen LogP contribution in [0.5, 0.6) is 0 Å². The van der Waals surface area contributed by atoms with Gasteiger partial charge in [0.15, 0.2) is 6.54 Å². The van der Waals surface area contributed by atoms with E-state index in [9.17, 15) is 9.59 Å². The smallest absolute Gasteiger partial charge is 0.279 e. The van der Waals surface area contributed by atoms with Gasteiger partial charge in [0.2, 0.25) is 0 Å². The number of hydrogen-bond donors (Lipinski definition) is 2. The van der Waals surface area contributed by atoms with E-state index in [0.717, 1.165) is 18.0 Å². The minimum atomic E-state index is -0.0739. The molecule has 0 unspecified atom stereocenters. The second-order valence-corrected chi connectivity index (χ2v) is 6.40. The fourth-order valence-electron chi connectivity index (χ4n) is 2.86. The highest BCUT2D eigenvalue weighted by atomic mass is 35.5. The predicted octanol–water partition coefficient (Wildman–Crippen LogP) is 0.714. The summed E-state index contributed by atoms with van der Waals surface area (Å²) >= 11 is 6.05. The Morgan fingerprint density at radius 2 is 1.92 bits per heavy atom. The summed E-state index contributed by atoms with van der Waals surface area (Å²) in [5, 5.41) is 3.36. The van der Waals surface area contributed by atoms with Crippen LogP contribution in [0, 0.1) is 0 Å². The number of piperazine rings is 1. The maximum Gasteiger partial charge on any atom is 0.279 e. The van der Waals surface area contributed by atoms with Crippen LogP contribution in [0.4, 0.5) is 5.69 Å². The number of para-hydroxylation sites is 1. The number of anilines is 1. The van der Waals surface area contributed by atoms with Crippen molar-refractivity contribution in [3.05, 3.63) is 59.4 Å². The van der Waals surface area contributed by atoms with Gasteiger partial charge >= 0.3 is 0 Å². The number of halogens is 1. The molecule has 0 spiro atoms. The van der Waals surface area contributed by atoms with Gasteiger partial charge in [0.05, 0.1) is 42.5 Å². The molecule has 0 radical (unpaired) electrons. The van der Waals surface area contributed by atoms with E-state index in [1.807, 2.05) is 17.0 Å². The zero-order valence-corrected chi connectivity index (χ0v) is 14.5. The Bertz CT molecular complexity index is 746. The van der Waals surface area contributed by atoms with Crippen molar-refractivity contribution in [3.8, 4) is 0 Å². The molecule has 7 heteroatoms. The lowest BCUT2D eigenvalue weighted by Gasteiger charge is -2.31.